The Bertz CT molecular complexity index is 1340. The van der Waals surface area contributed by atoms with Crippen molar-refractivity contribution in [2.45, 2.75) is 31.1 Å². The van der Waals surface area contributed by atoms with Crippen LogP contribution in [0, 0.1) is 23.1 Å². The van der Waals surface area contributed by atoms with Gasteiger partial charge < -0.3 is 14.5 Å². The Balaban J connectivity index is 1.45. The molecule has 39 heavy (non-hydrogen) atoms. The monoisotopic (exact) mass is 544 g/mol. The number of carbonyl (C=O) groups excluding carboxylic acids is 3. The standard InChI is InChI=1S/C27H24F4N4O4/c28-21-11-18(14-32)3-6-22(21)34-16-23(36)35(15-17-1-4-20(5-2-17)27(29,30)31)26(25(34)38)12-19(13-26)24(37)33-7-9-39-10-8-33/h1-6,11,19H,7-10,12-13,15-16H2/t19-,26+. The molecule has 2 aromatic rings. The Kier molecular flexibility index (Phi) is 6.80. The van der Waals surface area contributed by atoms with Crippen molar-refractivity contribution in [1.82, 2.24) is 9.80 Å². The molecule has 3 amide bonds. The van der Waals surface area contributed by atoms with Crippen molar-refractivity contribution in [2.75, 3.05) is 37.7 Å². The molecular weight excluding hydrogens is 520 g/mol. The number of ether oxygens (including phenoxy) is 1. The van der Waals surface area contributed by atoms with Gasteiger partial charge in [0.05, 0.1) is 36.1 Å². The normalized spacial score (nSPS) is 23.6. The fraction of sp³-hybridized carbons (Fsp3) is 0.407. The molecule has 3 fully saturated rings. The molecule has 2 heterocycles. The zero-order chi connectivity index (χ0) is 27.9. The molecule has 0 radical (unpaired) electrons. The van der Waals surface area contributed by atoms with Gasteiger partial charge in [0, 0.05) is 25.6 Å². The quantitative estimate of drug-likeness (QED) is 0.552. The Hall–Kier alpha value is -3.98. The summed E-state index contributed by atoms with van der Waals surface area (Å²) in [4.78, 5) is 44.4. The van der Waals surface area contributed by atoms with Gasteiger partial charge in [-0.3, -0.25) is 19.3 Å². The smallest absolute Gasteiger partial charge is 0.378 e. The van der Waals surface area contributed by atoms with Gasteiger partial charge in [-0.15, -0.1) is 0 Å². The predicted molar refractivity (Wildman–Crippen MR) is 128 cm³/mol. The van der Waals surface area contributed by atoms with Crippen LogP contribution in [-0.2, 0) is 31.8 Å². The molecule has 1 spiro atoms. The second-order valence-electron chi connectivity index (χ2n) is 9.92. The summed E-state index contributed by atoms with van der Waals surface area (Å²) in [5.74, 6) is -2.68. The summed E-state index contributed by atoms with van der Waals surface area (Å²) >= 11 is 0. The van der Waals surface area contributed by atoms with Crippen molar-refractivity contribution in [1.29, 1.82) is 5.26 Å². The van der Waals surface area contributed by atoms with Crippen molar-refractivity contribution in [3.05, 3.63) is 65.0 Å². The van der Waals surface area contributed by atoms with Crippen LogP contribution in [0.15, 0.2) is 42.5 Å². The number of alkyl halides is 3. The largest absolute Gasteiger partial charge is 0.416 e. The van der Waals surface area contributed by atoms with Gasteiger partial charge in [-0.05, 0) is 48.7 Å². The molecule has 0 unspecified atom stereocenters. The molecule has 0 atom stereocenters. The number of halogens is 4. The van der Waals surface area contributed by atoms with Gasteiger partial charge in [0.25, 0.3) is 5.91 Å². The highest BCUT2D eigenvalue weighted by molar-refractivity contribution is 6.10. The van der Waals surface area contributed by atoms with Gasteiger partial charge >= 0.3 is 6.18 Å². The first-order chi connectivity index (χ1) is 18.5. The lowest BCUT2D eigenvalue weighted by molar-refractivity contribution is -0.168. The molecule has 12 heteroatoms. The number of carbonyl (C=O) groups is 3. The second-order valence-corrected chi connectivity index (χ2v) is 9.92. The number of amides is 3. The highest BCUT2D eigenvalue weighted by atomic mass is 19.4. The molecule has 0 bridgehead atoms. The number of nitriles is 1. The first kappa shape index (κ1) is 26.6. The van der Waals surface area contributed by atoms with Crippen LogP contribution >= 0.6 is 0 Å². The molecule has 0 N–H and O–H groups in total. The van der Waals surface area contributed by atoms with Crippen LogP contribution in [0.25, 0.3) is 0 Å². The third-order valence-electron chi connectivity index (χ3n) is 7.58. The summed E-state index contributed by atoms with van der Waals surface area (Å²) in [7, 11) is 0. The maximum atomic E-state index is 14.9. The van der Waals surface area contributed by atoms with Crippen molar-refractivity contribution >= 4 is 23.4 Å². The summed E-state index contributed by atoms with van der Waals surface area (Å²) in [5.41, 5.74) is -2.05. The Morgan fingerprint density at radius 2 is 1.74 bits per heavy atom. The summed E-state index contributed by atoms with van der Waals surface area (Å²) in [6, 6.07) is 9.68. The maximum Gasteiger partial charge on any atom is 0.416 e. The molecule has 5 rings (SSSR count). The first-order valence-corrected chi connectivity index (χ1v) is 12.4. The van der Waals surface area contributed by atoms with Gasteiger partial charge in [0.15, 0.2) is 0 Å². The van der Waals surface area contributed by atoms with E-state index in [9.17, 15) is 31.9 Å². The number of morpholine rings is 1. The minimum Gasteiger partial charge on any atom is -0.378 e. The van der Waals surface area contributed by atoms with E-state index in [-0.39, 0.29) is 36.5 Å². The van der Waals surface area contributed by atoms with Crippen LogP contribution in [-0.4, -0.2) is 65.9 Å². The Morgan fingerprint density at radius 3 is 2.33 bits per heavy atom. The van der Waals surface area contributed by atoms with E-state index in [0.717, 1.165) is 23.1 Å². The third kappa shape index (κ3) is 4.83. The van der Waals surface area contributed by atoms with E-state index in [0.29, 0.717) is 31.9 Å². The highest BCUT2D eigenvalue weighted by Gasteiger charge is 2.62. The minimum atomic E-state index is -4.52. The molecule has 204 valence electrons. The first-order valence-electron chi connectivity index (χ1n) is 12.4. The van der Waals surface area contributed by atoms with Crippen LogP contribution in [0.2, 0.25) is 0 Å². The molecule has 1 saturated carbocycles. The van der Waals surface area contributed by atoms with Gasteiger partial charge in [-0.1, -0.05) is 12.1 Å². The fourth-order valence-electron chi connectivity index (χ4n) is 5.48. The average molecular weight is 545 g/mol. The number of hydrogen-bond acceptors (Lipinski definition) is 5. The van der Waals surface area contributed by atoms with Crippen LogP contribution in [0.1, 0.15) is 29.5 Å². The molecule has 8 nitrogen and oxygen atoms in total. The molecule has 2 saturated heterocycles. The molecule has 2 aliphatic heterocycles. The van der Waals surface area contributed by atoms with Crippen LogP contribution < -0.4 is 4.90 Å². The van der Waals surface area contributed by atoms with Gasteiger partial charge in [-0.25, -0.2) is 4.39 Å². The van der Waals surface area contributed by atoms with Gasteiger partial charge in [-0.2, -0.15) is 18.4 Å². The summed E-state index contributed by atoms with van der Waals surface area (Å²) in [5, 5.41) is 9.05. The minimum absolute atomic E-state index is 0.00277. The van der Waals surface area contributed by atoms with Gasteiger partial charge in [0.2, 0.25) is 11.8 Å². The number of benzene rings is 2. The van der Waals surface area contributed by atoms with Crippen molar-refractivity contribution in [3.8, 4) is 6.07 Å². The van der Waals surface area contributed by atoms with Crippen molar-refractivity contribution in [3.63, 3.8) is 0 Å². The number of rotatable bonds is 4. The lowest BCUT2D eigenvalue weighted by atomic mass is 9.64. The maximum absolute atomic E-state index is 14.9. The summed E-state index contributed by atoms with van der Waals surface area (Å²) in [6.07, 6.45) is -4.52. The number of nitrogens with zero attached hydrogens (tertiary/aromatic N) is 4. The summed E-state index contributed by atoms with van der Waals surface area (Å²) in [6.45, 7) is 0.969. The summed E-state index contributed by atoms with van der Waals surface area (Å²) < 4.78 is 59.3. The number of piperazine rings is 1. The van der Waals surface area contributed by atoms with Crippen molar-refractivity contribution in [2.24, 2.45) is 5.92 Å². The zero-order valence-corrected chi connectivity index (χ0v) is 20.7. The van der Waals surface area contributed by atoms with E-state index in [1.54, 1.807) is 4.90 Å². The number of anilines is 1. The van der Waals surface area contributed by atoms with E-state index < -0.39 is 47.4 Å². The van der Waals surface area contributed by atoms with E-state index in [1.165, 1.54) is 29.2 Å². The van der Waals surface area contributed by atoms with E-state index >= 15 is 0 Å². The lowest BCUT2D eigenvalue weighted by Gasteiger charge is -2.57. The van der Waals surface area contributed by atoms with Crippen LogP contribution in [0.4, 0.5) is 23.2 Å². The molecular formula is C27H24F4N4O4. The fourth-order valence-corrected chi connectivity index (χ4v) is 5.48. The van der Waals surface area contributed by atoms with E-state index in [4.69, 9.17) is 10.00 Å². The van der Waals surface area contributed by atoms with Crippen LogP contribution in [0.3, 0.4) is 0 Å². The van der Waals surface area contributed by atoms with Gasteiger partial charge in [0.1, 0.15) is 17.9 Å². The highest BCUT2D eigenvalue weighted by Crippen LogP contribution is 2.48. The zero-order valence-electron chi connectivity index (χ0n) is 20.7. The second kappa shape index (κ2) is 9.96. The Labute approximate surface area is 221 Å². The third-order valence-corrected chi connectivity index (χ3v) is 7.58. The van der Waals surface area contributed by atoms with Crippen molar-refractivity contribution < 1.29 is 36.7 Å². The molecule has 2 aromatic carbocycles. The van der Waals surface area contributed by atoms with E-state index in [2.05, 4.69) is 0 Å². The Morgan fingerprint density at radius 1 is 1.08 bits per heavy atom. The predicted octanol–water partition coefficient (Wildman–Crippen LogP) is 3.10. The molecule has 1 aliphatic carbocycles. The molecule has 0 aromatic heterocycles. The van der Waals surface area contributed by atoms with E-state index in [1.807, 2.05) is 6.07 Å². The molecule has 3 aliphatic rings. The lowest BCUT2D eigenvalue weighted by Crippen LogP contribution is -2.74. The van der Waals surface area contributed by atoms with Crippen LogP contribution in [0.5, 0.6) is 0 Å². The number of hydrogen-bond donors (Lipinski definition) is 0. The SMILES string of the molecule is N#Cc1ccc(N2CC(=O)N(Cc3ccc(C(F)(F)F)cc3)[C@]3(C[C@@H](C(=O)N4CCOCC4)C3)C2=O)c(F)c1. The average Bonchev–Trinajstić information content (AvgIpc) is 2.90. The topological polar surface area (TPSA) is 93.9 Å².